The lowest BCUT2D eigenvalue weighted by Gasteiger charge is -2.20. The average molecular weight is 448 g/mol. The molecule has 30 heavy (non-hydrogen) atoms. The third kappa shape index (κ3) is 4.09. The lowest BCUT2D eigenvalue weighted by Crippen LogP contribution is -2.28. The van der Waals surface area contributed by atoms with Crippen molar-refractivity contribution in [3.8, 4) is 5.69 Å². The molecule has 0 radical (unpaired) electrons. The van der Waals surface area contributed by atoms with Crippen LogP contribution in [0, 0.1) is 18.6 Å². The summed E-state index contributed by atoms with van der Waals surface area (Å²) < 4.78 is 29.3. The van der Waals surface area contributed by atoms with Crippen molar-refractivity contribution >= 4 is 29.1 Å². The number of rotatable bonds is 6. The van der Waals surface area contributed by atoms with E-state index in [0.717, 1.165) is 22.7 Å². The van der Waals surface area contributed by atoms with E-state index in [2.05, 4.69) is 10.3 Å². The Labute approximate surface area is 182 Å². The number of oxime groups is 1. The fourth-order valence-electron chi connectivity index (χ4n) is 3.40. The molecule has 0 amide bonds. The lowest BCUT2D eigenvalue weighted by molar-refractivity contribution is 0.0163. The normalized spacial score (nSPS) is 18.4. The molecular formula is C22H20ClF2N3OS. The van der Waals surface area contributed by atoms with Gasteiger partial charge in [-0.25, -0.2) is 13.5 Å². The van der Waals surface area contributed by atoms with E-state index in [1.165, 1.54) is 30.0 Å². The Bertz CT molecular complexity index is 1080. The first-order valence-corrected chi connectivity index (χ1v) is 11.0. The van der Waals surface area contributed by atoms with Crippen molar-refractivity contribution in [2.24, 2.45) is 5.16 Å². The van der Waals surface area contributed by atoms with E-state index in [-0.39, 0.29) is 11.3 Å². The van der Waals surface area contributed by atoms with Gasteiger partial charge in [-0.05, 0) is 38.1 Å². The molecule has 1 unspecified atom stereocenters. The van der Waals surface area contributed by atoms with Crippen molar-refractivity contribution in [1.82, 2.24) is 9.78 Å². The highest BCUT2D eigenvalue weighted by atomic mass is 35.5. The first-order valence-electron chi connectivity index (χ1n) is 9.44. The minimum absolute atomic E-state index is 0.0771. The number of halogens is 3. The monoisotopic (exact) mass is 447 g/mol. The van der Waals surface area contributed by atoms with Crippen LogP contribution in [0.3, 0.4) is 0 Å². The molecule has 4 nitrogen and oxygen atoms in total. The molecule has 2 aromatic carbocycles. The molecule has 4 rings (SSSR count). The third-order valence-electron chi connectivity index (χ3n) is 4.93. The van der Waals surface area contributed by atoms with Gasteiger partial charge in [-0.3, -0.25) is 0 Å². The van der Waals surface area contributed by atoms with E-state index in [0.29, 0.717) is 17.3 Å². The largest absolute Gasteiger partial charge is 0.388 e. The van der Waals surface area contributed by atoms with Crippen molar-refractivity contribution in [2.45, 2.75) is 31.6 Å². The highest BCUT2D eigenvalue weighted by Crippen LogP contribution is 2.35. The molecule has 1 atom stereocenters. The summed E-state index contributed by atoms with van der Waals surface area (Å²) in [7, 11) is 0. The number of hydrogen-bond donors (Lipinski definition) is 0. The van der Waals surface area contributed by atoms with E-state index in [1.54, 1.807) is 4.68 Å². The molecule has 156 valence electrons. The zero-order valence-corrected chi connectivity index (χ0v) is 18.1. The van der Waals surface area contributed by atoms with Crippen molar-refractivity contribution in [1.29, 1.82) is 0 Å². The van der Waals surface area contributed by atoms with E-state index < -0.39 is 17.2 Å². The molecule has 3 aromatic rings. The summed E-state index contributed by atoms with van der Waals surface area (Å²) >= 11 is 8.04. The second-order valence-electron chi connectivity index (χ2n) is 7.45. The number of para-hydroxylation sites is 1. The first-order chi connectivity index (χ1) is 14.4. The Balaban J connectivity index is 1.46. The van der Waals surface area contributed by atoms with Crippen LogP contribution in [-0.4, -0.2) is 26.8 Å². The van der Waals surface area contributed by atoms with E-state index >= 15 is 0 Å². The van der Waals surface area contributed by atoms with E-state index in [9.17, 15) is 8.78 Å². The number of nitrogens with zero attached hydrogens (tertiary/aromatic N) is 3. The van der Waals surface area contributed by atoms with Crippen molar-refractivity contribution < 1.29 is 13.6 Å². The molecular weight excluding hydrogens is 428 g/mol. The molecule has 8 heteroatoms. The molecule has 0 saturated heterocycles. The van der Waals surface area contributed by atoms with Crippen LogP contribution in [0.5, 0.6) is 0 Å². The van der Waals surface area contributed by atoms with Crippen LogP contribution in [0.4, 0.5) is 8.78 Å². The number of aromatic nitrogens is 2. The molecule has 2 heterocycles. The maximum Gasteiger partial charge on any atom is 0.149 e. The van der Waals surface area contributed by atoms with Gasteiger partial charge in [0.2, 0.25) is 0 Å². The quantitative estimate of drug-likeness (QED) is 0.470. The zero-order chi connectivity index (χ0) is 21.3. The Kier molecular flexibility index (Phi) is 5.84. The fraction of sp³-hybridized carbons (Fsp3) is 0.273. The molecule has 0 aliphatic carbocycles. The zero-order valence-electron chi connectivity index (χ0n) is 16.5. The van der Waals surface area contributed by atoms with E-state index in [1.807, 2.05) is 44.2 Å². The van der Waals surface area contributed by atoms with Crippen LogP contribution in [0.15, 0.2) is 53.7 Å². The maximum absolute atomic E-state index is 13.8. The number of aryl methyl sites for hydroxylation is 1. The highest BCUT2D eigenvalue weighted by Gasteiger charge is 2.37. The van der Waals surface area contributed by atoms with Gasteiger partial charge in [0.25, 0.3) is 0 Å². The summed E-state index contributed by atoms with van der Waals surface area (Å²) in [5.74, 6) is -0.323. The van der Waals surface area contributed by atoms with Crippen LogP contribution in [-0.2, 0) is 10.6 Å². The summed E-state index contributed by atoms with van der Waals surface area (Å²) in [6, 6.07) is 13.5. The van der Waals surface area contributed by atoms with Crippen LogP contribution in [0.2, 0.25) is 5.15 Å². The number of thioether (sulfide) groups is 1. The van der Waals surface area contributed by atoms with Crippen molar-refractivity contribution in [2.75, 3.05) is 5.75 Å². The summed E-state index contributed by atoms with van der Waals surface area (Å²) in [5, 5.41) is 9.30. The molecule has 0 bridgehead atoms. The summed E-state index contributed by atoms with van der Waals surface area (Å²) in [5.41, 5.74) is 2.59. The molecule has 1 aliphatic heterocycles. The fourth-order valence-corrected chi connectivity index (χ4v) is 4.95. The predicted octanol–water partition coefficient (Wildman–Crippen LogP) is 5.93. The van der Waals surface area contributed by atoms with Gasteiger partial charge >= 0.3 is 0 Å². The van der Waals surface area contributed by atoms with Crippen LogP contribution >= 0.6 is 23.4 Å². The minimum atomic E-state index is -0.591. The van der Waals surface area contributed by atoms with Crippen molar-refractivity contribution in [3.63, 3.8) is 0 Å². The van der Waals surface area contributed by atoms with Crippen LogP contribution in [0.25, 0.3) is 5.69 Å². The van der Waals surface area contributed by atoms with Gasteiger partial charge in [-0.2, -0.15) is 16.9 Å². The first kappa shape index (κ1) is 20.9. The lowest BCUT2D eigenvalue weighted by atomic mass is 9.98. The molecule has 0 spiro atoms. The second kappa shape index (κ2) is 8.40. The Morgan fingerprint density at radius 2 is 1.83 bits per heavy atom. The summed E-state index contributed by atoms with van der Waals surface area (Å²) in [6.45, 7) is 3.81. The van der Waals surface area contributed by atoms with Crippen LogP contribution in [0.1, 0.15) is 30.2 Å². The van der Waals surface area contributed by atoms with Gasteiger partial charge in [0.15, 0.2) is 0 Å². The third-order valence-corrected chi connectivity index (χ3v) is 6.58. The second-order valence-corrected chi connectivity index (χ2v) is 8.79. The smallest absolute Gasteiger partial charge is 0.149 e. The number of benzene rings is 2. The summed E-state index contributed by atoms with van der Waals surface area (Å²) in [6.07, 6.45) is 0.529. The standard InChI is InChI=1S/C22H20ClF2N3OS/c1-14-20(21(23)28(26-14)15-7-4-3-5-8-15)19-11-22(2,29-27-19)13-30-12-16-17(24)9-6-10-18(16)25/h3-10H,11-13H2,1-2H3. The van der Waals surface area contributed by atoms with E-state index in [4.69, 9.17) is 16.4 Å². The minimum Gasteiger partial charge on any atom is -0.388 e. The van der Waals surface area contributed by atoms with Crippen molar-refractivity contribution in [3.05, 3.63) is 82.1 Å². The van der Waals surface area contributed by atoms with Gasteiger partial charge < -0.3 is 4.84 Å². The SMILES string of the molecule is Cc1nn(-c2ccccc2)c(Cl)c1C1=NOC(C)(CSCc2c(F)cccc2F)C1. The topological polar surface area (TPSA) is 39.4 Å². The van der Waals surface area contributed by atoms with Gasteiger partial charge in [0.1, 0.15) is 22.4 Å². The Hall–Kier alpha value is -2.38. The number of hydrogen-bond acceptors (Lipinski definition) is 4. The van der Waals surface area contributed by atoms with Gasteiger partial charge in [0.05, 0.1) is 22.7 Å². The highest BCUT2D eigenvalue weighted by molar-refractivity contribution is 7.98. The maximum atomic E-state index is 13.8. The average Bonchev–Trinajstić information content (AvgIpc) is 3.24. The van der Waals surface area contributed by atoms with Gasteiger partial charge in [-0.1, -0.05) is 41.0 Å². The van der Waals surface area contributed by atoms with Gasteiger partial charge in [0, 0.05) is 23.5 Å². The molecule has 1 aromatic heterocycles. The van der Waals surface area contributed by atoms with Gasteiger partial charge in [-0.15, -0.1) is 0 Å². The molecule has 0 N–H and O–H groups in total. The predicted molar refractivity (Wildman–Crippen MR) is 116 cm³/mol. The Morgan fingerprint density at radius 1 is 1.13 bits per heavy atom. The molecule has 0 saturated carbocycles. The Morgan fingerprint density at radius 3 is 2.53 bits per heavy atom. The van der Waals surface area contributed by atoms with Crippen LogP contribution < -0.4 is 0 Å². The molecule has 0 fully saturated rings. The summed E-state index contributed by atoms with van der Waals surface area (Å²) in [4.78, 5) is 5.71. The molecule has 1 aliphatic rings.